The third kappa shape index (κ3) is 3.41. The van der Waals surface area contributed by atoms with Gasteiger partial charge in [-0.3, -0.25) is 4.98 Å². The van der Waals surface area contributed by atoms with Crippen molar-refractivity contribution in [2.45, 2.75) is 25.2 Å². The lowest BCUT2D eigenvalue weighted by Crippen LogP contribution is -2.04. The standard InChI is InChI=1S/C16H20N2/c17-11-5-4-8-16(14-6-2-1-3-7-14)15-9-12-18-13-10-15/h1-3,6-7,9-10,12-13,16H,4-5,8,11,17H2/t16-/m0/s1. The highest BCUT2D eigenvalue weighted by atomic mass is 14.6. The Hall–Kier alpha value is -1.67. The maximum Gasteiger partial charge on any atom is 0.0270 e. The Labute approximate surface area is 109 Å². The van der Waals surface area contributed by atoms with Gasteiger partial charge in [-0.1, -0.05) is 36.8 Å². The van der Waals surface area contributed by atoms with Crippen LogP contribution in [0.4, 0.5) is 0 Å². The summed E-state index contributed by atoms with van der Waals surface area (Å²) >= 11 is 0. The summed E-state index contributed by atoms with van der Waals surface area (Å²) in [6.45, 7) is 0.776. The molecule has 0 radical (unpaired) electrons. The fourth-order valence-electron chi connectivity index (χ4n) is 2.30. The molecule has 0 bridgehead atoms. The number of hydrogen-bond donors (Lipinski definition) is 1. The van der Waals surface area contributed by atoms with E-state index in [0.717, 1.165) is 19.4 Å². The zero-order valence-corrected chi connectivity index (χ0v) is 10.6. The maximum absolute atomic E-state index is 5.58. The average Bonchev–Trinajstić information content (AvgIpc) is 2.46. The van der Waals surface area contributed by atoms with Crippen LogP contribution in [0.2, 0.25) is 0 Å². The number of nitrogens with two attached hydrogens (primary N) is 1. The van der Waals surface area contributed by atoms with E-state index < -0.39 is 0 Å². The van der Waals surface area contributed by atoms with Crippen molar-refractivity contribution in [1.82, 2.24) is 4.98 Å². The Morgan fingerprint density at radius 1 is 0.889 bits per heavy atom. The van der Waals surface area contributed by atoms with E-state index in [1.165, 1.54) is 17.5 Å². The molecule has 1 aromatic heterocycles. The minimum atomic E-state index is 0.459. The van der Waals surface area contributed by atoms with Gasteiger partial charge in [0, 0.05) is 18.3 Å². The Morgan fingerprint density at radius 2 is 1.56 bits per heavy atom. The zero-order valence-electron chi connectivity index (χ0n) is 10.6. The van der Waals surface area contributed by atoms with Gasteiger partial charge < -0.3 is 5.73 Å². The van der Waals surface area contributed by atoms with Crippen molar-refractivity contribution >= 4 is 0 Å². The van der Waals surface area contributed by atoms with Crippen LogP contribution in [0.25, 0.3) is 0 Å². The van der Waals surface area contributed by atoms with Gasteiger partial charge in [0.2, 0.25) is 0 Å². The first-order chi connectivity index (χ1) is 8.92. The third-order valence-electron chi connectivity index (χ3n) is 3.26. The second-order valence-corrected chi connectivity index (χ2v) is 4.53. The van der Waals surface area contributed by atoms with E-state index in [2.05, 4.69) is 47.4 Å². The Morgan fingerprint density at radius 3 is 2.22 bits per heavy atom. The van der Waals surface area contributed by atoms with Gasteiger partial charge >= 0.3 is 0 Å². The second-order valence-electron chi connectivity index (χ2n) is 4.53. The first-order valence-corrected chi connectivity index (χ1v) is 6.56. The number of pyridine rings is 1. The van der Waals surface area contributed by atoms with Crippen LogP contribution in [0.5, 0.6) is 0 Å². The van der Waals surface area contributed by atoms with Crippen molar-refractivity contribution in [2.24, 2.45) is 5.73 Å². The molecule has 2 heteroatoms. The van der Waals surface area contributed by atoms with Gasteiger partial charge in [0.25, 0.3) is 0 Å². The number of rotatable bonds is 6. The van der Waals surface area contributed by atoms with E-state index in [1.54, 1.807) is 0 Å². The molecule has 0 amide bonds. The van der Waals surface area contributed by atoms with E-state index in [-0.39, 0.29) is 0 Å². The summed E-state index contributed by atoms with van der Waals surface area (Å²) in [7, 11) is 0. The van der Waals surface area contributed by atoms with Gasteiger partial charge in [0.1, 0.15) is 0 Å². The molecule has 0 saturated carbocycles. The van der Waals surface area contributed by atoms with Gasteiger partial charge in [-0.05, 0) is 42.6 Å². The van der Waals surface area contributed by atoms with Crippen LogP contribution in [-0.4, -0.2) is 11.5 Å². The Balaban J connectivity index is 2.18. The lowest BCUT2D eigenvalue weighted by molar-refractivity contribution is 0.631. The van der Waals surface area contributed by atoms with Crippen LogP contribution >= 0.6 is 0 Å². The normalized spacial score (nSPS) is 12.3. The van der Waals surface area contributed by atoms with Gasteiger partial charge in [0.15, 0.2) is 0 Å². The number of hydrogen-bond acceptors (Lipinski definition) is 2. The summed E-state index contributed by atoms with van der Waals surface area (Å²) < 4.78 is 0. The lowest BCUT2D eigenvalue weighted by Gasteiger charge is -2.17. The first kappa shape index (κ1) is 12.8. The van der Waals surface area contributed by atoms with Gasteiger partial charge in [-0.25, -0.2) is 0 Å². The molecule has 1 atom stereocenters. The molecule has 2 N–H and O–H groups in total. The van der Waals surface area contributed by atoms with Crippen LogP contribution < -0.4 is 5.73 Å². The van der Waals surface area contributed by atoms with Crippen molar-refractivity contribution in [2.75, 3.05) is 6.54 Å². The van der Waals surface area contributed by atoms with Crippen LogP contribution in [0, 0.1) is 0 Å². The predicted molar refractivity (Wildman–Crippen MR) is 75.4 cm³/mol. The molecule has 0 aliphatic rings. The van der Waals surface area contributed by atoms with Gasteiger partial charge in [-0.15, -0.1) is 0 Å². The third-order valence-corrected chi connectivity index (χ3v) is 3.26. The molecular formula is C16H20N2. The average molecular weight is 240 g/mol. The molecule has 0 spiro atoms. The molecule has 0 fully saturated rings. The van der Waals surface area contributed by atoms with Crippen molar-refractivity contribution < 1.29 is 0 Å². The van der Waals surface area contributed by atoms with Gasteiger partial charge in [0.05, 0.1) is 0 Å². The largest absolute Gasteiger partial charge is 0.330 e. The van der Waals surface area contributed by atoms with E-state index in [0.29, 0.717) is 5.92 Å². The molecule has 0 saturated heterocycles. The van der Waals surface area contributed by atoms with E-state index in [4.69, 9.17) is 5.73 Å². The summed E-state index contributed by atoms with van der Waals surface area (Å²) in [6.07, 6.45) is 7.14. The topological polar surface area (TPSA) is 38.9 Å². The molecule has 1 aromatic carbocycles. The number of aromatic nitrogens is 1. The molecule has 1 heterocycles. The van der Waals surface area contributed by atoms with Gasteiger partial charge in [-0.2, -0.15) is 0 Å². The Bertz CT molecular complexity index is 400. The SMILES string of the molecule is NCCCC[C@@H](c1ccccc1)c1ccncc1. The van der Waals surface area contributed by atoms with Crippen molar-refractivity contribution in [3.05, 3.63) is 66.0 Å². The molecule has 0 aliphatic carbocycles. The monoisotopic (exact) mass is 240 g/mol. The highest BCUT2D eigenvalue weighted by Crippen LogP contribution is 2.29. The van der Waals surface area contributed by atoms with Crippen molar-refractivity contribution in [3.63, 3.8) is 0 Å². The Kier molecular flexibility index (Phi) is 4.91. The molecular weight excluding hydrogens is 220 g/mol. The van der Waals surface area contributed by atoms with Crippen LogP contribution in [0.3, 0.4) is 0 Å². The van der Waals surface area contributed by atoms with E-state index >= 15 is 0 Å². The van der Waals surface area contributed by atoms with Crippen LogP contribution in [-0.2, 0) is 0 Å². The molecule has 2 rings (SSSR count). The molecule has 18 heavy (non-hydrogen) atoms. The number of unbranched alkanes of at least 4 members (excludes halogenated alkanes) is 1. The fraction of sp³-hybridized carbons (Fsp3) is 0.312. The number of benzene rings is 1. The fourth-order valence-corrected chi connectivity index (χ4v) is 2.30. The first-order valence-electron chi connectivity index (χ1n) is 6.56. The summed E-state index contributed by atoms with van der Waals surface area (Å²) in [5.74, 6) is 0.459. The molecule has 2 nitrogen and oxygen atoms in total. The highest BCUT2D eigenvalue weighted by molar-refractivity contribution is 5.30. The summed E-state index contributed by atoms with van der Waals surface area (Å²) in [5, 5.41) is 0. The van der Waals surface area contributed by atoms with Crippen molar-refractivity contribution in [3.8, 4) is 0 Å². The molecule has 94 valence electrons. The summed E-state index contributed by atoms with van der Waals surface area (Å²) in [4.78, 5) is 4.10. The summed E-state index contributed by atoms with van der Waals surface area (Å²) in [6, 6.07) is 14.9. The van der Waals surface area contributed by atoms with E-state index in [1.807, 2.05) is 12.4 Å². The quantitative estimate of drug-likeness (QED) is 0.786. The van der Waals surface area contributed by atoms with Crippen molar-refractivity contribution in [1.29, 1.82) is 0 Å². The maximum atomic E-state index is 5.58. The van der Waals surface area contributed by atoms with Crippen LogP contribution in [0.1, 0.15) is 36.3 Å². The second kappa shape index (κ2) is 6.92. The van der Waals surface area contributed by atoms with Crippen LogP contribution in [0.15, 0.2) is 54.9 Å². The minimum absolute atomic E-state index is 0.459. The smallest absolute Gasteiger partial charge is 0.0270 e. The highest BCUT2D eigenvalue weighted by Gasteiger charge is 2.12. The lowest BCUT2D eigenvalue weighted by atomic mass is 9.87. The molecule has 2 aromatic rings. The summed E-state index contributed by atoms with van der Waals surface area (Å²) in [5.41, 5.74) is 8.30. The minimum Gasteiger partial charge on any atom is -0.330 e. The predicted octanol–water partition coefficient (Wildman–Crippen LogP) is 3.34. The molecule has 0 aliphatic heterocycles. The number of nitrogens with zero attached hydrogens (tertiary/aromatic N) is 1. The zero-order chi connectivity index (χ0) is 12.6. The molecule has 0 unspecified atom stereocenters. The van der Waals surface area contributed by atoms with E-state index in [9.17, 15) is 0 Å².